The van der Waals surface area contributed by atoms with Crippen LogP contribution in [0.4, 0.5) is 0 Å². The summed E-state index contributed by atoms with van der Waals surface area (Å²) in [5.74, 6) is 0.111. The zero-order chi connectivity index (χ0) is 12.7. The molecule has 17 heavy (non-hydrogen) atoms. The Kier molecular flexibility index (Phi) is 6.01. The fourth-order valence-corrected chi connectivity index (χ4v) is 2.05. The molecule has 0 radical (unpaired) electrons. The molecule has 2 atom stereocenters. The lowest BCUT2D eigenvalue weighted by atomic mass is 10.4. The van der Waals surface area contributed by atoms with Crippen molar-refractivity contribution in [2.45, 2.75) is 19.1 Å². The number of carbonyl (C=O) groups is 1. The first-order valence-electron chi connectivity index (χ1n) is 5.95. The molecule has 1 amide bonds. The van der Waals surface area contributed by atoms with Gasteiger partial charge >= 0.3 is 5.91 Å². The summed E-state index contributed by atoms with van der Waals surface area (Å²) in [5.41, 5.74) is 0. The van der Waals surface area contributed by atoms with E-state index in [2.05, 4.69) is 0 Å². The minimum atomic E-state index is -0.511. The summed E-state index contributed by atoms with van der Waals surface area (Å²) >= 11 is 0. The fourth-order valence-electron chi connectivity index (χ4n) is 2.05. The number of nitrogens with zero attached hydrogens (tertiary/aromatic N) is 1. The molecular weight excluding hydrogens is 226 g/mol. The number of hydrogen-bond donors (Lipinski definition) is 2. The first-order valence-corrected chi connectivity index (χ1v) is 5.95. The molecule has 0 bridgehead atoms. The zero-order valence-electron chi connectivity index (χ0n) is 10.3. The van der Waals surface area contributed by atoms with Crippen molar-refractivity contribution in [1.82, 2.24) is 0 Å². The molecule has 0 aromatic carbocycles. The van der Waals surface area contributed by atoms with Gasteiger partial charge in [-0.1, -0.05) is 0 Å². The SMILES string of the molecule is C[N+]1(C(CO)OCCOCCO)CCCC1=O. The van der Waals surface area contributed by atoms with Crippen molar-refractivity contribution < 1.29 is 29.0 Å². The zero-order valence-corrected chi connectivity index (χ0v) is 10.3. The highest BCUT2D eigenvalue weighted by atomic mass is 16.5. The van der Waals surface area contributed by atoms with Gasteiger partial charge in [0, 0.05) is 6.42 Å². The molecular formula is C11H22NO5+. The van der Waals surface area contributed by atoms with Crippen LogP contribution in [0.15, 0.2) is 0 Å². The number of aliphatic hydroxyl groups excluding tert-OH is 2. The fraction of sp³-hybridized carbons (Fsp3) is 0.909. The van der Waals surface area contributed by atoms with Gasteiger partial charge in [-0.2, -0.15) is 0 Å². The Morgan fingerprint density at radius 2 is 2.12 bits per heavy atom. The molecule has 100 valence electrons. The molecule has 0 aromatic rings. The number of likely N-dealkylation sites (N-methyl/N-ethyl adjacent to an activating group) is 1. The Morgan fingerprint density at radius 3 is 2.65 bits per heavy atom. The molecule has 2 N–H and O–H groups in total. The number of likely N-dealkylation sites (tertiary alicyclic amines) is 1. The van der Waals surface area contributed by atoms with Gasteiger partial charge in [-0.05, 0) is 0 Å². The minimum Gasteiger partial charge on any atom is -0.394 e. The number of ether oxygens (including phenoxy) is 2. The molecule has 1 fully saturated rings. The molecule has 6 nitrogen and oxygen atoms in total. The summed E-state index contributed by atoms with van der Waals surface area (Å²) in [6.45, 7) is 1.45. The number of aliphatic hydroxyl groups is 2. The summed E-state index contributed by atoms with van der Waals surface area (Å²) in [7, 11) is 1.80. The van der Waals surface area contributed by atoms with E-state index >= 15 is 0 Å². The van der Waals surface area contributed by atoms with Crippen LogP contribution in [0.5, 0.6) is 0 Å². The monoisotopic (exact) mass is 248 g/mol. The molecule has 1 aliphatic rings. The van der Waals surface area contributed by atoms with Gasteiger partial charge < -0.3 is 19.7 Å². The van der Waals surface area contributed by atoms with Crippen molar-refractivity contribution in [2.75, 3.05) is 46.6 Å². The molecule has 2 unspecified atom stereocenters. The topological polar surface area (TPSA) is 76.0 Å². The van der Waals surface area contributed by atoms with Crippen molar-refractivity contribution in [3.05, 3.63) is 0 Å². The maximum atomic E-state index is 11.7. The normalized spacial score (nSPS) is 26.4. The van der Waals surface area contributed by atoms with E-state index in [1.165, 1.54) is 0 Å². The lowest BCUT2D eigenvalue weighted by Gasteiger charge is -2.33. The lowest BCUT2D eigenvalue weighted by molar-refractivity contribution is -0.878. The van der Waals surface area contributed by atoms with Gasteiger partial charge in [0.2, 0.25) is 6.23 Å². The van der Waals surface area contributed by atoms with Crippen molar-refractivity contribution in [3.8, 4) is 0 Å². The summed E-state index contributed by atoms with van der Waals surface area (Å²) in [4.78, 5) is 11.7. The van der Waals surface area contributed by atoms with Gasteiger partial charge in [-0.15, -0.1) is 0 Å². The van der Waals surface area contributed by atoms with Crippen molar-refractivity contribution >= 4 is 5.91 Å². The second-order valence-electron chi connectivity index (χ2n) is 4.33. The van der Waals surface area contributed by atoms with Crippen LogP contribution < -0.4 is 0 Å². The molecule has 0 saturated carbocycles. The second kappa shape index (κ2) is 7.03. The van der Waals surface area contributed by atoms with E-state index < -0.39 is 6.23 Å². The Morgan fingerprint density at radius 1 is 1.35 bits per heavy atom. The van der Waals surface area contributed by atoms with E-state index in [-0.39, 0.29) is 30.2 Å². The largest absolute Gasteiger partial charge is 0.394 e. The van der Waals surface area contributed by atoms with Crippen molar-refractivity contribution in [3.63, 3.8) is 0 Å². The summed E-state index contributed by atoms with van der Waals surface area (Å²) in [6, 6.07) is 0. The Hall–Kier alpha value is -0.530. The highest BCUT2D eigenvalue weighted by Crippen LogP contribution is 2.23. The van der Waals surface area contributed by atoms with Gasteiger partial charge in [0.05, 0.1) is 46.4 Å². The molecule has 0 spiro atoms. The molecule has 6 heteroatoms. The Bertz CT molecular complexity index is 248. The summed E-state index contributed by atoms with van der Waals surface area (Å²) < 4.78 is 10.7. The van der Waals surface area contributed by atoms with E-state index in [4.69, 9.17) is 14.6 Å². The van der Waals surface area contributed by atoms with Gasteiger partial charge in [0.1, 0.15) is 6.61 Å². The van der Waals surface area contributed by atoms with Gasteiger partial charge in [0.15, 0.2) is 0 Å². The van der Waals surface area contributed by atoms with Crippen LogP contribution in [0, 0.1) is 0 Å². The minimum absolute atomic E-state index is 0.0182. The van der Waals surface area contributed by atoms with Crippen LogP contribution in [0.3, 0.4) is 0 Å². The standard InChI is InChI=1S/C11H22NO5/c1-12(4-2-3-10(12)15)11(9-14)17-8-7-16-6-5-13/h11,13-14H,2-9H2,1H3/q+1. The van der Waals surface area contributed by atoms with E-state index in [1.54, 1.807) is 7.05 Å². The maximum Gasteiger partial charge on any atom is 0.315 e. The predicted molar refractivity (Wildman–Crippen MR) is 60.0 cm³/mol. The van der Waals surface area contributed by atoms with E-state index in [1.807, 2.05) is 0 Å². The van der Waals surface area contributed by atoms with E-state index in [0.717, 1.165) is 6.42 Å². The lowest BCUT2D eigenvalue weighted by Crippen LogP contribution is -2.56. The molecule has 1 heterocycles. The third kappa shape index (κ3) is 3.72. The third-order valence-electron chi connectivity index (χ3n) is 3.15. The Balaban J connectivity index is 2.35. The molecule has 1 saturated heterocycles. The van der Waals surface area contributed by atoms with Crippen LogP contribution in [-0.4, -0.2) is 73.5 Å². The quantitative estimate of drug-likeness (QED) is 0.430. The number of rotatable bonds is 8. The Labute approximate surface area is 101 Å². The summed E-state index contributed by atoms with van der Waals surface area (Å²) in [6.07, 6.45) is 0.885. The highest BCUT2D eigenvalue weighted by molar-refractivity contribution is 5.70. The number of quaternary nitrogens is 1. The van der Waals surface area contributed by atoms with Gasteiger partial charge in [-0.3, -0.25) is 0 Å². The first-order chi connectivity index (χ1) is 8.15. The molecule has 1 aliphatic heterocycles. The van der Waals surface area contributed by atoms with E-state index in [0.29, 0.717) is 26.2 Å². The second-order valence-corrected chi connectivity index (χ2v) is 4.33. The maximum absolute atomic E-state index is 11.7. The predicted octanol–water partition coefficient (Wildman–Crippen LogP) is -0.903. The molecule has 1 rings (SSSR count). The van der Waals surface area contributed by atoms with Crippen molar-refractivity contribution in [2.24, 2.45) is 0 Å². The molecule has 0 aromatic heterocycles. The van der Waals surface area contributed by atoms with Crippen LogP contribution in [0.2, 0.25) is 0 Å². The number of hydrogen-bond acceptors (Lipinski definition) is 5. The van der Waals surface area contributed by atoms with Crippen LogP contribution in [0.25, 0.3) is 0 Å². The van der Waals surface area contributed by atoms with Crippen molar-refractivity contribution in [1.29, 1.82) is 0 Å². The first kappa shape index (κ1) is 14.5. The molecule has 0 aliphatic carbocycles. The summed E-state index contributed by atoms with van der Waals surface area (Å²) in [5, 5.41) is 17.8. The smallest absolute Gasteiger partial charge is 0.315 e. The number of carbonyl (C=O) groups excluding carboxylic acids is 1. The average Bonchev–Trinajstić information content (AvgIpc) is 2.65. The highest BCUT2D eigenvalue weighted by Gasteiger charge is 2.44. The number of amides is 1. The van der Waals surface area contributed by atoms with E-state index in [9.17, 15) is 9.90 Å². The average molecular weight is 248 g/mol. The third-order valence-corrected chi connectivity index (χ3v) is 3.15. The van der Waals surface area contributed by atoms with Crippen LogP contribution in [0.1, 0.15) is 12.8 Å². The van der Waals surface area contributed by atoms with Crippen LogP contribution >= 0.6 is 0 Å². The van der Waals surface area contributed by atoms with Gasteiger partial charge in [0.25, 0.3) is 0 Å². The van der Waals surface area contributed by atoms with Gasteiger partial charge in [-0.25, -0.2) is 9.28 Å². The van der Waals surface area contributed by atoms with Crippen LogP contribution in [-0.2, 0) is 14.3 Å².